The van der Waals surface area contributed by atoms with E-state index in [4.69, 9.17) is 10.5 Å². The molecule has 2 aromatic heterocycles. The minimum absolute atomic E-state index is 0.00490. The largest absolute Gasteiger partial charge is 0.497 e. The first kappa shape index (κ1) is 15.5. The van der Waals surface area contributed by atoms with Crippen molar-refractivity contribution >= 4 is 11.8 Å². The maximum Gasteiger partial charge on any atom is 0.341 e. The van der Waals surface area contributed by atoms with Gasteiger partial charge < -0.3 is 15.6 Å². The Kier molecular flexibility index (Phi) is 4.15. The van der Waals surface area contributed by atoms with Crippen molar-refractivity contribution in [2.45, 2.75) is 6.54 Å². The summed E-state index contributed by atoms with van der Waals surface area (Å²) < 4.78 is 6.73. The van der Waals surface area contributed by atoms with Crippen LogP contribution in [0.15, 0.2) is 48.8 Å². The molecule has 122 valence electrons. The average molecular weight is 324 g/mol. The van der Waals surface area contributed by atoms with E-state index in [9.17, 15) is 9.90 Å². The van der Waals surface area contributed by atoms with Crippen LogP contribution in [0.25, 0.3) is 11.3 Å². The maximum absolute atomic E-state index is 11.6. The molecule has 0 aliphatic carbocycles. The van der Waals surface area contributed by atoms with Gasteiger partial charge in [-0.3, -0.25) is 9.67 Å². The summed E-state index contributed by atoms with van der Waals surface area (Å²) in [5.74, 6) is -0.373. The molecule has 3 aromatic rings. The van der Waals surface area contributed by atoms with E-state index in [1.54, 1.807) is 36.3 Å². The number of aromatic carboxylic acids is 1. The van der Waals surface area contributed by atoms with Crippen LogP contribution in [-0.4, -0.2) is 33.0 Å². The highest BCUT2D eigenvalue weighted by Gasteiger charge is 2.23. The summed E-state index contributed by atoms with van der Waals surface area (Å²) >= 11 is 0. The molecule has 0 aliphatic heterocycles. The van der Waals surface area contributed by atoms with Crippen molar-refractivity contribution in [2.24, 2.45) is 0 Å². The number of carbonyl (C=O) groups is 1. The van der Waals surface area contributed by atoms with Gasteiger partial charge in [0.1, 0.15) is 11.3 Å². The Morgan fingerprint density at radius 2 is 1.88 bits per heavy atom. The lowest BCUT2D eigenvalue weighted by atomic mass is 10.1. The summed E-state index contributed by atoms with van der Waals surface area (Å²) in [5.41, 5.74) is 7.93. The van der Waals surface area contributed by atoms with Gasteiger partial charge in [0.2, 0.25) is 0 Å². The molecule has 0 fully saturated rings. The molecule has 0 spiro atoms. The molecule has 0 radical (unpaired) electrons. The van der Waals surface area contributed by atoms with E-state index in [1.807, 2.05) is 24.3 Å². The summed E-state index contributed by atoms with van der Waals surface area (Å²) in [6, 6.07) is 10.9. The predicted octanol–water partition coefficient (Wildman–Crippen LogP) is 2.28. The lowest BCUT2D eigenvalue weighted by Crippen LogP contribution is -2.06. The number of nitrogens with zero attached hydrogens (tertiary/aromatic N) is 3. The molecule has 2 heterocycles. The summed E-state index contributed by atoms with van der Waals surface area (Å²) in [7, 11) is 1.60. The first-order valence-corrected chi connectivity index (χ1v) is 7.23. The molecule has 7 nitrogen and oxygen atoms in total. The molecule has 7 heteroatoms. The SMILES string of the molecule is COc1ccc(Cn2nc(N)c(C(=O)O)c2-c2ccncc2)cc1. The van der Waals surface area contributed by atoms with Gasteiger partial charge in [0.05, 0.1) is 19.3 Å². The number of hydrogen-bond acceptors (Lipinski definition) is 5. The van der Waals surface area contributed by atoms with Crippen molar-refractivity contribution in [3.63, 3.8) is 0 Å². The fourth-order valence-corrected chi connectivity index (χ4v) is 2.51. The first-order chi connectivity index (χ1) is 11.6. The second-order valence-corrected chi connectivity index (χ2v) is 5.16. The van der Waals surface area contributed by atoms with Crippen LogP contribution in [0, 0.1) is 0 Å². The van der Waals surface area contributed by atoms with E-state index < -0.39 is 5.97 Å². The number of benzene rings is 1. The quantitative estimate of drug-likeness (QED) is 0.746. The van der Waals surface area contributed by atoms with Gasteiger partial charge in [0.15, 0.2) is 5.82 Å². The van der Waals surface area contributed by atoms with Gasteiger partial charge in [-0.1, -0.05) is 12.1 Å². The smallest absolute Gasteiger partial charge is 0.341 e. The van der Waals surface area contributed by atoms with Gasteiger partial charge in [-0.05, 0) is 29.8 Å². The van der Waals surface area contributed by atoms with Crippen molar-refractivity contribution in [1.82, 2.24) is 14.8 Å². The summed E-state index contributed by atoms with van der Waals surface area (Å²) in [4.78, 5) is 15.6. The fraction of sp³-hybridized carbons (Fsp3) is 0.118. The molecule has 0 saturated carbocycles. The molecule has 3 N–H and O–H groups in total. The standard InChI is InChI=1S/C17H16N4O3/c1-24-13-4-2-11(3-5-13)10-21-15(12-6-8-19-9-7-12)14(17(22)23)16(18)20-21/h2-9H,10H2,1H3,(H2,18,20)(H,22,23). The van der Waals surface area contributed by atoms with E-state index in [1.165, 1.54) is 0 Å². The highest BCUT2D eigenvalue weighted by atomic mass is 16.5. The number of carboxylic acids is 1. The normalized spacial score (nSPS) is 10.5. The van der Waals surface area contributed by atoms with Crippen LogP contribution in [-0.2, 0) is 6.54 Å². The number of anilines is 1. The Hall–Kier alpha value is -3.35. The topological polar surface area (TPSA) is 103 Å². The van der Waals surface area contributed by atoms with Crippen LogP contribution < -0.4 is 10.5 Å². The summed E-state index contributed by atoms with van der Waals surface area (Å²) in [6.45, 7) is 0.388. The van der Waals surface area contributed by atoms with Crippen LogP contribution in [0.1, 0.15) is 15.9 Å². The van der Waals surface area contributed by atoms with Gasteiger partial charge >= 0.3 is 5.97 Å². The number of nitrogen functional groups attached to an aromatic ring is 1. The molecule has 0 unspecified atom stereocenters. The zero-order valence-electron chi connectivity index (χ0n) is 13.0. The Balaban J connectivity index is 2.07. The monoisotopic (exact) mass is 324 g/mol. The van der Waals surface area contributed by atoms with Crippen LogP contribution in [0.4, 0.5) is 5.82 Å². The number of nitrogens with two attached hydrogens (primary N) is 1. The third-order valence-electron chi connectivity index (χ3n) is 3.64. The maximum atomic E-state index is 11.6. The average Bonchev–Trinajstić information content (AvgIpc) is 2.92. The van der Waals surface area contributed by atoms with E-state index >= 15 is 0 Å². The van der Waals surface area contributed by atoms with Crippen molar-refractivity contribution < 1.29 is 14.6 Å². The van der Waals surface area contributed by atoms with E-state index in [0.29, 0.717) is 17.8 Å². The summed E-state index contributed by atoms with van der Waals surface area (Å²) in [6.07, 6.45) is 3.20. The van der Waals surface area contributed by atoms with Crippen molar-refractivity contribution in [3.8, 4) is 17.0 Å². The van der Waals surface area contributed by atoms with Crippen molar-refractivity contribution in [1.29, 1.82) is 0 Å². The Morgan fingerprint density at radius 1 is 1.21 bits per heavy atom. The lowest BCUT2D eigenvalue weighted by molar-refractivity contribution is 0.0699. The molecular formula is C17H16N4O3. The second kappa shape index (κ2) is 6.41. The number of pyridine rings is 1. The number of carboxylic acid groups (broad SMARTS) is 1. The molecule has 0 atom stereocenters. The highest BCUT2D eigenvalue weighted by molar-refractivity contribution is 5.99. The van der Waals surface area contributed by atoms with Crippen molar-refractivity contribution in [3.05, 3.63) is 59.9 Å². The number of aromatic nitrogens is 3. The van der Waals surface area contributed by atoms with Crippen LogP contribution >= 0.6 is 0 Å². The number of rotatable bonds is 5. The molecule has 3 rings (SSSR count). The van der Waals surface area contributed by atoms with E-state index in [-0.39, 0.29) is 11.4 Å². The number of ether oxygens (including phenoxy) is 1. The predicted molar refractivity (Wildman–Crippen MR) is 88.9 cm³/mol. The van der Waals surface area contributed by atoms with Crippen LogP contribution in [0.5, 0.6) is 5.75 Å². The number of methoxy groups -OCH3 is 1. The number of hydrogen-bond donors (Lipinski definition) is 2. The van der Waals surface area contributed by atoms with Gasteiger partial charge in [-0.2, -0.15) is 5.10 Å². The molecule has 0 amide bonds. The molecular weight excluding hydrogens is 308 g/mol. The molecule has 0 saturated heterocycles. The van der Waals surface area contributed by atoms with Gasteiger partial charge in [0, 0.05) is 18.0 Å². The van der Waals surface area contributed by atoms with Gasteiger partial charge in [-0.15, -0.1) is 0 Å². The Labute approximate surface area is 138 Å². The van der Waals surface area contributed by atoms with Crippen LogP contribution in [0.2, 0.25) is 0 Å². The highest BCUT2D eigenvalue weighted by Crippen LogP contribution is 2.28. The van der Waals surface area contributed by atoms with Gasteiger partial charge in [-0.25, -0.2) is 4.79 Å². The molecule has 0 aliphatic rings. The minimum Gasteiger partial charge on any atom is -0.497 e. The Bertz CT molecular complexity index is 858. The first-order valence-electron chi connectivity index (χ1n) is 7.23. The summed E-state index contributed by atoms with van der Waals surface area (Å²) in [5, 5.41) is 13.7. The zero-order chi connectivity index (χ0) is 17.1. The molecule has 0 bridgehead atoms. The third-order valence-corrected chi connectivity index (χ3v) is 3.64. The lowest BCUT2D eigenvalue weighted by Gasteiger charge is -2.09. The fourth-order valence-electron chi connectivity index (χ4n) is 2.51. The Morgan fingerprint density at radius 3 is 2.46 bits per heavy atom. The van der Waals surface area contributed by atoms with E-state index in [2.05, 4.69) is 10.1 Å². The molecule has 1 aromatic carbocycles. The zero-order valence-corrected chi connectivity index (χ0v) is 13.0. The van der Waals surface area contributed by atoms with Crippen molar-refractivity contribution in [2.75, 3.05) is 12.8 Å². The third kappa shape index (κ3) is 2.91. The second-order valence-electron chi connectivity index (χ2n) is 5.16. The van der Waals surface area contributed by atoms with Crippen LogP contribution in [0.3, 0.4) is 0 Å². The minimum atomic E-state index is -1.11. The van der Waals surface area contributed by atoms with E-state index in [0.717, 1.165) is 11.3 Å². The van der Waals surface area contributed by atoms with Gasteiger partial charge in [0.25, 0.3) is 0 Å². The molecule has 24 heavy (non-hydrogen) atoms.